The van der Waals surface area contributed by atoms with Crippen molar-refractivity contribution < 1.29 is 204 Å². The number of ether oxygens (including phenoxy) is 16. The van der Waals surface area contributed by atoms with E-state index >= 15 is 0 Å². The molecule has 7 rings (SSSR count). The molecule has 0 amide bonds. The maximum Gasteiger partial charge on any atom is 0.397 e. The molecule has 7 heterocycles. The van der Waals surface area contributed by atoms with Gasteiger partial charge >= 0.3 is 74.3 Å². The van der Waals surface area contributed by atoms with Gasteiger partial charge in [-0.1, -0.05) is 6.92 Å². The predicted molar refractivity (Wildman–Crippen MR) is 273 cm³/mol. The third-order valence-corrected chi connectivity index (χ3v) is 17.3. The first-order valence-corrected chi connectivity index (χ1v) is 33.6. The molecular formula is C39H65NO45S6. The van der Waals surface area contributed by atoms with E-state index in [1.807, 2.05) is 0 Å². The molecule has 0 saturated carbocycles. The zero-order valence-corrected chi connectivity index (χ0v) is 52.5. The quantitative estimate of drug-likeness (QED) is 0.0280. The first-order valence-electron chi connectivity index (χ1n) is 25.4. The Morgan fingerprint density at radius 2 is 0.879 bits per heavy atom. The largest absolute Gasteiger partial charge is 0.479 e. The molecule has 46 nitrogen and oxygen atoms in total. The van der Waals surface area contributed by atoms with E-state index in [4.69, 9.17) is 94.1 Å². The summed E-state index contributed by atoms with van der Waals surface area (Å²) in [5, 5.41) is 33.0. The van der Waals surface area contributed by atoms with Crippen LogP contribution in [-0.2, 0) is 173 Å². The zero-order valence-electron chi connectivity index (χ0n) is 47.6. The molecule has 91 heavy (non-hydrogen) atoms. The van der Waals surface area contributed by atoms with Crippen LogP contribution in [0.2, 0.25) is 0 Å². The summed E-state index contributed by atoms with van der Waals surface area (Å²) >= 11 is 0. The van der Waals surface area contributed by atoms with Crippen molar-refractivity contribution in [2.24, 2.45) is 5.73 Å². The highest BCUT2D eigenvalue weighted by Gasteiger charge is 2.70. The Labute approximate surface area is 516 Å². The molecule has 1 unspecified atom stereocenters. The summed E-state index contributed by atoms with van der Waals surface area (Å²) in [4.78, 5) is 27.3. The van der Waals surface area contributed by atoms with Gasteiger partial charge < -0.3 is 96.8 Å². The smallest absolute Gasteiger partial charge is 0.397 e. The topological polar surface area (TPSA) is 650 Å². The van der Waals surface area contributed by atoms with Crippen LogP contribution >= 0.6 is 0 Å². The second-order valence-corrected chi connectivity index (χ2v) is 26.3. The molecule has 7 aliphatic rings. The normalized spacial score (nSPS) is 40.4. The van der Waals surface area contributed by atoms with Gasteiger partial charge in [-0.05, 0) is 6.42 Å². The standard InChI is InChI=1S/C39H65NO45S6/c1-8-38(36(42)43)29(79-31-16(40)20(64-2)17(41)13(74-31)9-71-86(46,47)48)23(66-4)25(68-6)34(81-38)78-19-15(11-73-88(52,53)54)76-33(28(85-91(61,62)63)22(19)83-89(55,56)57)80-30-24(67-5)26-35(82-39(30,12-70-26)37(44)45)77-18-14(10-72-87(49,50)51)75-32(69-7)27(21(18)65-3)84-90(58,59)60/h13-35,41H,8-12,40H2,1-7H3,(H,42,43)(H,44,45)(H,46,47,48)(H,49,50,51)(H,52,53,54)(H,55,56,57)(H,58,59,60)(H,61,62,63)/t13-,14-,15-,16-,17-,18-,19-,20-,21+,22+,23-,24-,25-,26-,27-,28-,29+,30+,31+,32+,33-,34-,35?,38+,39+/m1/s1. The lowest BCUT2D eigenvalue weighted by Gasteiger charge is -2.57. The fraction of sp³-hybridized carbons (Fsp3) is 0.949. The number of aliphatic hydroxyl groups is 1. The van der Waals surface area contributed by atoms with Crippen molar-refractivity contribution >= 4 is 74.3 Å². The van der Waals surface area contributed by atoms with Crippen molar-refractivity contribution in [2.75, 3.05) is 69.1 Å². The van der Waals surface area contributed by atoms with Crippen LogP contribution < -0.4 is 5.73 Å². The van der Waals surface area contributed by atoms with Gasteiger partial charge in [-0.15, -0.1) is 0 Å². The lowest BCUT2D eigenvalue weighted by molar-refractivity contribution is -0.429. The van der Waals surface area contributed by atoms with Crippen molar-refractivity contribution in [2.45, 2.75) is 166 Å². The number of rotatable bonds is 32. The fourth-order valence-electron chi connectivity index (χ4n) is 10.8. The van der Waals surface area contributed by atoms with Gasteiger partial charge in [0.2, 0.25) is 5.60 Å². The number of carboxylic acids is 2. The molecule has 7 aliphatic heterocycles. The Kier molecular flexibility index (Phi) is 25.6. The molecule has 11 N–H and O–H groups in total. The summed E-state index contributed by atoms with van der Waals surface area (Å²) in [5.74, 6) is -4.14. The molecule has 0 aromatic heterocycles. The highest BCUT2D eigenvalue weighted by molar-refractivity contribution is 7.82. The Morgan fingerprint density at radius 1 is 0.451 bits per heavy atom. The van der Waals surface area contributed by atoms with Crippen LogP contribution in [0.15, 0.2) is 0 Å². The lowest BCUT2D eigenvalue weighted by Crippen LogP contribution is -2.78. The van der Waals surface area contributed by atoms with E-state index < -0.39 is 260 Å². The first kappa shape index (κ1) is 77.4. The van der Waals surface area contributed by atoms with Crippen LogP contribution in [0.25, 0.3) is 0 Å². The number of nitrogens with two attached hydrogens (primary N) is 1. The minimum absolute atomic E-state index is 0.768. The summed E-state index contributed by atoms with van der Waals surface area (Å²) in [5.41, 5.74) is 0.213. The van der Waals surface area contributed by atoms with Crippen molar-refractivity contribution in [3.63, 3.8) is 0 Å². The number of aliphatic hydroxyl groups excluding tert-OH is 1. The monoisotopic (exact) mass is 1460 g/mol. The van der Waals surface area contributed by atoms with E-state index in [1.165, 1.54) is 0 Å². The molecule has 0 aliphatic carbocycles. The molecular weight excluding hydrogens is 1390 g/mol. The molecule has 0 radical (unpaired) electrons. The van der Waals surface area contributed by atoms with Gasteiger partial charge in [0.1, 0.15) is 91.6 Å². The van der Waals surface area contributed by atoms with Gasteiger partial charge in [-0.25, -0.2) is 34.7 Å². The summed E-state index contributed by atoms with van der Waals surface area (Å²) in [6, 6.07) is -1.64. The maximum absolute atomic E-state index is 13.7. The molecule has 0 spiro atoms. The maximum atomic E-state index is 13.7. The fourth-order valence-corrected chi connectivity index (χ4v) is 13.2. The van der Waals surface area contributed by atoms with Crippen LogP contribution in [-0.4, -0.2) is 327 Å². The van der Waals surface area contributed by atoms with Gasteiger partial charge in [0.15, 0.2) is 49.3 Å². The Hall–Kier alpha value is -2.56. The van der Waals surface area contributed by atoms with Crippen LogP contribution in [0.4, 0.5) is 0 Å². The van der Waals surface area contributed by atoms with Crippen molar-refractivity contribution in [3.8, 4) is 0 Å². The number of hydrogen-bond donors (Lipinski definition) is 10. The second-order valence-electron chi connectivity index (χ2n) is 19.8. The molecule has 532 valence electrons. The van der Waals surface area contributed by atoms with Crippen molar-refractivity contribution in [1.82, 2.24) is 0 Å². The second kappa shape index (κ2) is 30.1. The highest BCUT2D eigenvalue weighted by atomic mass is 32.3. The van der Waals surface area contributed by atoms with Crippen LogP contribution in [0.5, 0.6) is 0 Å². The van der Waals surface area contributed by atoms with Gasteiger partial charge in [-0.3, -0.25) is 27.3 Å². The number of hydrogen-bond acceptors (Lipinski definition) is 38. The van der Waals surface area contributed by atoms with Crippen LogP contribution in [0.3, 0.4) is 0 Å². The number of carboxylic acid groups (broad SMARTS) is 2. The Bertz CT molecular complexity index is 3200. The van der Waals surface area contributed by atoms with E-state index in [2.05, 4.69) is 12.5 Å². The summed E-state index contributed by atoms with van der Waals surface area (Å²) in [6.45, 7) is -4.15. The zero-order chi connectivity index (χ0) is 68.5. The lowest BCUT2D eigenvalue weighted by atomic mass is 9.83. The Balaban J connectivity index is 1.43. The van der Waals surface area contributed by atoms with Gasteiger partial charge in [0, 0.05) is 42.7 Å². The van der Waals surface area contributed by atoms with Gasteiger partial charge in [-0.2, -0.15) is 50.5 Å². The predicted octanol–water partition coefficient (Wildman–Crippen LogP) is -7.70. The van der Waals surface area contributed by atoms with Gasteiger partial charge in [0.25, 0.3) is 0 Å². The van der Waals surface area contributed by atoms with E-state index in [0.717, 1.165) is 49.6 Å². The number of aliphatic carboxylic acids is 2. The summed E-state index contributed by atoms with van der Waals surface area (Å²) < 4.78 is 324. The number of methoxy groups -OCH3 is 6. The highest BCUT2D eigenvalue weighted by Crippen LogP contribution is 2.47. The van der Waals surface area contributed by atoms with Crippen LogP contribution in [0, 0.1) is 0 Å². The minimum atomic E-state index is -6.15. The van der Waals surface area contributed by atoms with E-state index in [1.54, 1.807) is 0 Å². The summed E-state index contributed by atoms with van der Waals surface area (Å²) in [6.07, 6.45) is -49.7. The molecule has 25 atom stereocenters. The molecule has 7 fully saturated rings. The molecule has 0 aromatic rings. The first-order chi connectivity index (χ1) is 41.9. The average Bonchev–Trinajstić information content (AvgIpc) is 0.737. The number of carbonyl (C=O) groups is 2. The van der Waals surface area contributed by atoms with E-state index in [-0.39, 0.29) is 0 Å². The average molecular weight is 1460 g/mol. The SMILES string of the molecule is CC[C@]1(C(=O)O)O[C@@H](O[C@H]2[C@H](OS(=O)(=O)O)[C@@H](OS(=O)(=O)O)[C@@H](O[C@H]3[C@H](OC)[C@H]4OC[C@]3(C(=O)O)OC4O[C@H]3[C@H](OC)[C@@H](OS(=O)(=O)O)[C@@H](OC)O[C@@H]3COS(=O)(=O)O)O[C@@H]2COS(=O)(=O)O)[C@H](OC)[C@@H](OC)[C@@H]1O[C@@H]1O[C@H](COS(=O)(=O)O)[C@@H](O)[C@H](OC)[C@H]1N. The molecule has 7 saturated heterocycles. The summed E-state index contributed by atoms with van der Waals surface area (Å²) in [7, 11) is -28.6. The Morgan fingerprint density at radius 3 is 1.32 bits per heavy atom. The third-order valence-electron chi connectivity index (χ3n) is 14.6. The van der Waals surface area contributed by atoms with Crippen LogP contribution in [0.1, 0.15) is 13.3 Å². The van der Waals surface area contributed by atoms with E-state index in [0.29, 0.717) is 0 Å². The minimum Gasteiger partial charge on any atom is -0.479 e. The number of fused-ring (bicyclic) bond motifs is 3. The molecule has 52 heteroatoms. The van der Waals surface area contributed by atoms with Gasteiger partial charge in [0.05, 0.1) is 32.5 Å². The molecule has 0 aromatic carbocycles. The molecule has 2 bridgehead atoms. The van der Waals surface area contributed by atoms with Crippen molar-refractivity contribution in [1.29, 1.82) is 0 Å². The van der Waals surface area contributed by atoms with E-state index in [9.17, 15) is 103 Å². The third kappa shape index (κ3) is 18.6. The van der Waals surface area contributed by atoms with Crippen molar-refractivity contribution in [3.05, 3.63) is 0 Å².